The van der Waals surface area contributed by atoms with Gasteiger partial charge in [-0.3, -0.25) is 14.4 Å². The molecule has 0 atom stereocenters. The summed E-state index contributed by atoms with van der Waals surface area (Å²) in [7, 11) is 0. The Hall–Kier alpha value is -3.15. The number of aryl methyl sites for hydroxylation is 1. The Morgan fingerprint density at radius 3 is 2.37 bits per heavy atom. The van der Waals surface area contributed by atoms with E-state index < -0.39 is 11.9 Å². The Bertz CT molecular complexity index is 875. The van der Waals surface area contributed by atoms with Gasteiger partial charge in [0.2, 0.25) is 5.91 Å². The number of nitrogens with one attached hydrogen (secondary N) is 1. The van der Waals surface area contributed by atoms with Gasteiger partial charge in [0, 0.05) is 24.3 Å². The fourth-order valence-electron chi connectivity index (χ4n) is 3.41. The van der Waals surface area contributed by atoms with E-state index >= 15 is 0 Å². The third-order valence-electron chi connectivity index (χ3n) is 5.09. The molecule has 1 N–H and O–H groups in total. The molecule has 158 valence electrons. The van der Waals surface area contributed by atoms with Crippen LogP contribution in [0.4, 0.5) is 11.4 Å². The number of nitrogens with zero attached hydrogens (tertiary/aromatic N) is 1. The lowest BCUT2D eigenvalue weighted by atomic mass is 10.1. The van der Waals surface area contributed by atoms with Crippen LogP contribution in [0, 0.1) is 0 Å². The van der Waals surface area contributed by atoms with Gasteiger partial charge in [0.1, 0.15) is 0 Å². The van der Waals surface area contributed by atoms with E-state index in [1.807, 2.05) is 24.3 Å². The fraction of sp³-hybridized carbons (Fsp3) is 0.375. The molecular formula is C24H28N2O4. The molecule has 1 aliphatic heterocycles. The van der Waals surface area contributed by atoms with Crippen molar-refractivity contribution in [2.45, 2.75) is 45.4 Å². The Morgan fingerprint density at radius 2 is 1.73 bits per heavy atom. The lowest BCUT2D eigenvalue weighted by molar-refractivity contribution is -0.146. The first-order chi connectivity index (χ1) is 14.5. The molecule has 0 aromatic heterocycles. The van der Waals surface area contributed by atoms with Crippen LogP contribution in [0.25, 0.3) is 0 Å². The van der Waals surface area contributed by atoms with Gasteiger partial charge in [-0.1, -0.05) is 37.6 Å². The second-order valence-corrected chi connectivity index (χ2v) is 7.50. The Labute approximate surface area is 177 Å². The molecule has 6 nitrogen and oxygen atoms in total. The van der Waals surface area contributed by atoms with Gasteiger partial charge < -0.3 is 15.0 Å². The zero-order valence-corrected chi connectivity index (χ0v) is 17.4. The van der Waals surface area contributed by atoms with Crippen molar-refractivity contribution in [1.82, 2.24) is 0 Å². The van der Waals surface area contributed by atoms with Crippen LogP contribution >= 0.6 is 0 Å². The molecule has 6 heteroatoms. The number of unbranched alkanes of at least 4 members (excludes halogenated alkanes) is 1. The van der Waals surface area contributed by atoms with Gasteiger partial charge in [0.05, 0.1) is 6.42 Å². The number of benzene rings is 2. The molecule has 0 spiro atoms. The summed E-state index contributed by atoms with van der Waals surface area (Å²) in [5, 5.41) is 2.70. The average Bonchev–Trinajstić information content (AvgIpc) is 3.18. The number of carbonyl (C=O) groups is 3. The Morgan fingerprint density at radius 1 is 1.03 bits per heavy atom. The van der Waals surface area contributed by atoms with Crippen LogP contribution in [-0.2, 0) is 32.0 Å². The number of hydrogen-bond donors (Lipinski definition) is 1. The largest absolute Gasteiger partial charge is 0.455 e. The van der Waals surface area contributed by atoms with E-state index in [1.54, 1.807) is 29.2 Å². The molecule has 2 aromatic carbocycles. The van der Waals surface area contributed by atoms with Crippen LogP contribution in [0.5, 0.6) is 0 Å². The number of hydrogen-bond acceptors (Lipinski definition) is 4. The maximum Gasteiger partial charge on any atom is 0.310 e. The van der Waals surface area contributed by atoms with Gasteiger partial charge in [-0.15, -0.1) is 0 Å². The molecular weight excluding hydrogens is 380 g/mol. The highest BCUT2D eigenvalue weighted by molar-refractivity contribution is 5.96. The highest BCUT2D eigenvalue weighted by atomic mass is 16.5. The number of rotatable bonds is 9. The van der Waals surface area contributed by atoms with Gasteiger partial charge in [0.15, 0.2) is 6.61 Å². The van der Waals surface area contributed by atoms with Crippen LogP contribution in [-0.4, -0.2) is 30.9 Å². The van der Waals surface area contributed by atoms with Crippen LogP contribution in [0.2, 0.25) is 0 Å². The van der Waals surface area contributed by atoms with E-state index in [2.05, 4.69) is 12.2 Å². The first kappa shape index (κ1) is 21.6. The van der Waals surface area contributed by atoms with Gasteiger partial charge in [-0.05, 0) is 54.7 Å². The third kappa shape index (κ3) is 6.17. The zero-order chi connectivity index (χ0) is 21.3. The molecule has 0 unspecified atom stereocenters. The van der Waals surface area contributed by atoms with Gasteiger partial charge in [0.25, 0.3) is 5.91 Å². The predicted molar refractivity (Wildman–Crippen MR) is 116 cm³/mol. The van der Waals surface area contributed by atoms with Crippen LogP contribution < -0.4 is 10.2 Å². The third-order valence-corrected chi connectivity index (χ3v) is 5.09. The maximum absolute atomic E-state index is 12.1. The quantitative estimate of drug-likeness (QED) is 0.639. The summed E-state index contributed by atoms with van der Waals surface area (Å²) >= 11 is 0. The first-order valence-electron chi connectivity index (χ1n) is 10.5. The zero-order valence-electron chi connectivity index (χ0n) is 17.4. The number of carbonyl (C=O) groups excluding carboxylic acids is 3. The lowest BCUT2D eigenvalue weighted by Gasteiger charge is -2.16. The Balaban J connectivity index is 1.41. The summed E-state index contributed by atoms with van der Waals surface area (Å²) in [4.78, 5) is 37.6. The smallest absolute Gasteiger partial charge is 0.310 e. The van der Waals surface area contributed by atoms with E-state index in [0.29, 0.717) is 12.1 Å². The second kappa shape index (κ2) is 10.6. The van der Waals surface area contributed by atoms with Crippen molar-refractivity contribution in [2.75, 3.05) is 23.4 Å². The monoisotopic (exact) mass is 408 g/mol. The van der Waals surface area contributed by atoms with E-state index in [4.69, 9.17) is 4.74 Å². The number of anilines is 2. The minimum atomic E-state index is -0.436. The maximum atomic E-state index is 12.1. The summed E-state index contributed by atoms with van der Waals surface area (Å²) < 4.78 is 5.09. The summed E-state index contributed by atoms with van der Waals surface area (Å²) in [6.07, 6.45) is 4.92. The molecule has 1 fully saturated rings. The molecule has 1 heterocycles. The van der Waals surface area contributed by atoms with Crippen molar-refractivity contribution in [1.29, 1.82) is 0 Å². The van der Waals surface area contributed by atoms with E-state index in [9.17, 15) is 14.4 Å². The minimum absolute atomic E-state index is 0.120. The average molecular weight is 408 g/mol. The van der Waals surface area contributed by atoms with Crippen molar-refractivity contribution >= 4 is 29.2 Å². The predicted octanol–water partition coefficient (Wildman–Crippen LogP) is 3.88. The molecule has 2 amide bonds. The standard InChI is InChI=1S/C24H28N2O4/c1-2-3-5-18-7-9-19(10-8-18)16-24(29)30-17-22(27)25-20-11-13-21(14-12-20)26-15-4-6-23(26)28/h7-14H,2-6,15-17H2,1H3,(H,25,27). The number of ether oxygens (including phenoxy) is 1. The molecule has 0 radical (unpaired) electrons. The minimum Gasteiger partial charge on any atom is -0.455 e. The van der Waals surface area contributed by atoms with Gasteiger partial charge >= 0.3 is 5.97 Å². The van der Waals surface area contributed by atoms with Crippen molar-refractivity contribution in [3.63, 3.8) is 0 Å². The number of amides is 2. The van der Waals surface area contributed by atoms with Crippen molar-refractivity contribution in [2.24, 2.45) is 0 Å². The molecule has 0 aliphatic carbocycles. The first-order valence-corrected chi connectivity index (χ1v) is 10.5. The topological polar surface area (TPSA) is 75.7 Å². The fourth-order valence-corrected chi connectivity index (χ4v) is 3.41. The van der Waals surface area contributed by atoms with Crippen LogP contribution in [0.3, 0.4) is 0 Å². The molecule has 1 saturated heterocycles. The highest BCUT2D eigenvalue weighted by Crippen LogP contribution is 2.23. The van der Waals surface area contributed by atoms with Crippen molar-refractivity contribution in [3.8, 4) is 0 Å². The van der Waals surface area contributed by atoms with Crippen molar-refractivity contribution in [3.05, 3.63) is 59.7 Å². The molecule has 2 aromatic rings. The van der Waals surface area contributed by atoms with Crippen LogP contribution in [0.15, 0.2) is 48.5 Å². The van der Waals surface area contributed by atoms with Crippen molar-refractivity contribution < 1.29 is 19.1 Å². The summed E-state index contributed by atoms with van der Waals surface area (Å²) in [5.74, 6) is -0.716. The number of esters is 1. The summed E-state index contributed by atoms with van der Waals surface area (Å²) in [6.45, 7) is 2.55. The SMILES string of the molecule is CCCCc1ccc(CC(=O)OCC(=O)Nc2ccc(N3CCCC3=O)cc2)cc1. The summed E-state index contributed by atoms with van der Waals surface area (Å²) in [5.41, 5.74) is 3.54. The molecule has 0 saturated carbocycles. The van der Waals surface area contributed by atoms with Gasteiger partial charge in [-0.25, -0.2) is 0 Å². The normalized spacial score (nSPS) is 13.4. The van der Waals surface area contributed by atoms with E-state index in [1.165, 1.54) is 5.56 Å². The lowest BCUT2D eigenvalue weighted by Crippen LogP contribution is -2.24. The molecule has 0 bridgehead atoms. The Kier molecular flexibility index (Phi) is 7.60. The van der Waals surface area contributed by atoms with E-state index in [-0.39, 0.29) is 18.9 Å². The molecule has 3 rings (SSSR count). The van der Waals surface area contributed by atoms with Crippen LogP contribution in [0.1, 0.15) is 43.7 Å². The van der Waals surface area contributed by atoms with E-state index in [0.717, 1.165) is 43.5 Å². The second-order valence-electron chi connectivity index (χ2n) is 7.50. The highest BCUT2D eigenvalue weighted by Gasteiger charge is 2.21. The molecule has 30 heavy (non-hydrogen) atoms. The summed E-state index contributed by atoms with van der Waals surface area (Å²) in [6, 6.07) is 15.0. The molecule has 1 aliphatic rings. The van der Waals surface area contributed by atoms with Gasteiger partial charge in [-0.2, -0.15) is 0 Å².